The van der Waals surface area contributed by atoms with Gasteiger partial charge in [0, 0.05) is 29.8 Å². The lowest BCUT2D eigenvalue weighted by Gasteiger charge is -2.28. The smallest absolute Gasteiger partial charge is 0.0459 e. The van der Waals surface area contributed by atoms with Gasteiger partial charge in [-0.05, 0) is 56.2 Å². The van der Waals surface area contributed by atoms with Gasteiger partial charge < -0.3 is 10.6 Å². The monoisotopic (exact) mass is 280 g/mol. The molecule has 0 saturated heterocycles. The maximum Gasteiger partial charge on any atom is 0.0459 e. The fourth-order valence-corrected chi connectivity index (χ4v) is 2.81. The molecular weight excluding hydrogens is 256 g/mol. The Kier molecular flexibility index (Phi) is 5.12. The van der Waals surface area contributed by atoms with E-state index in [4.69, 9.17) is 17.3 Å². The van der Waals surface area contributed by atoms with E-state index in [2.05, 4.69) is 24.0 Å². The molecule has 1 aromatic rings. The zero-order valence-electron chi connectivity index (χ0n) is 12.0. The molecule has 0 amide bonds. The molecule has 2 N–H and O–H groups in total. The molecule has 0 bridgehead atoms. The van der Waals surface area contributed by atoms with Crippen molar-refractivity contribution in [2.75, 3.05) is 18.0 Å². The van der Waals surface area contributed by atoms with Gasteiger partial charge in [0.05, 0.1) is 0 Å². The first-order valence-electron chi connectivity index (χ1n) is 7.39. The molecule has 1 aliphatic carbocycles. The van der Waals surface area contributed by atoms with Crippen LogP contribution in [0.1, 0.15) is 38.7 Å². The third-order valence-electron chi connectivity index (χ3n) is 3.63. The fourth-order valence-electron chi connectivity index (χ4n) is 2.56. The predicted molar refractivity (Wildman–Crippen MR) is 84.0 cm³/mol. The Morgan fingerprint density at radius 2 is 2.16 bits per heavy atom. The SMILES string of the molecule is CCCN(CC1CC1)c1cccc(Cl)c1CC(C)N. The standard InChI is InChI=1S/C16H25ClN2/c1-3-9-19(11-13-7-8-13)16-6-4-5-15(17)14(16)10-12(2)18/h4-6,12-13H,3,7-11,18H2,1-2H3. The second-order valence-electron chi connectivity index (χ2n) is 5.81. The number of rotatable bonds is 7. The second-order valence-corrected chi connectivity index (χ2v) is 6.22. The number of benzene rings is 1. The van der Waals surface area contributed by atoms with E-state index in [1.807, 2.05) is 13.0 Å². The van der Waals surface area contributed by atoms with Crippen molar-refractivity contribution in [2.24, 2.45) is 11.7 Å². The summed E-state index contributed by atoms with van der Waals surface area (Å²) in [5, 5.41) is 0.853. The number of halogens is 1. The number of anilines is 1. The van der Waals surface area contributed by atoms with Gasteiger partial charge in [0.15, 0.2) is 0 Å². The molecule has 1 fully saturated rings. The number of hydrogen-bond donors (Lipinski definition) is 1. The maximum atomic E-state index is 6.39. The molecule has 1 aromatic carbocycles. The van der Waals surface area contributed by atoms with E-state index in [1.165, 1.54) is 30.6 Å². The summed E-state index contributed by atoms with van der Waals surface area (Å²) in [4.78, 5) is 2.50. The summed E-state index contributed by atoms with van der Waals surface area (Å²) in [5.74, 6) is 0.883. The van der Waals surface area contributed by atoms with E-state index in [9.17, 15) is 0 Å². The van der Waals surface area contributed by atoms with Crippen LogP contribution in [-0.2, 0) is 6.42 Å². The minimum absolute atomic E-state index is 0.142. The summed E-state index contributed by atoms with van der Waals surface area (Å²) in [5.41, 5.74) is 8.48. The molecule has 0 aliphatic heterocycles. The zero-order chi connectivity index (χ0) is 13.8. The Morgan fingerprint density at radius 3 is 2.74 bits per heavy atom. The van der Waals surface area contributed by atoms with Gasteiger partial charge in [0.1, 0.15) is 0 Å². The van der Waals surface area contributed by atoms with Crippen molar-refractivity contribution in [1.82, 2.24) is 0 Å². The van der Waals surface area contributed by atoms with Crippen molar-refractivity contribution in [3.63, 3.8) is 0 Å². The minimum atomic E-state index is 0.142. The third-order valence-corrected chi connectivity index (χ3v) is 3.98. The summed E-state index contributed by atoms with van der Waals surface area (Å²) >= 11 is 6.39. The molecule has 1 unspecified atom stereocenters. The van der Waals surface area contributed by atoms with Gasteiger partial charge in [-0.1, -0.05) is 24.6 Å². The van der Waals surface area contributed by atoms with Crippen molar-refractivity contribution in [1.29, 1.82) is 0 Å². The van der Waals surface area contributed by atoms with E-state index in [0.29, 0.717) is 0 Å². The lowest BCUT2D eigenvalue weighted by molar-refractivity contribution is 0.692. The van der Waals surface area contributed by atoms with Crippen molar-refractivity contribution in [3.05, 3.63) is 28.8 Å². The molecule has 0 radical (unpaired) electrons. The van der Waals surface area contributed by atoms with Crippen LogP contribution >= 0.6 is 11.6 Å². The van der Waals surface area contributed by atoms with Gasteiger partial charge in [-0.3, -0.25) is 0 Å². The van der Waals surface area contributed by atoms with Crippen LogP contribution in [0.3, 0.4) is 0 Å². The van der Waals surface area contributed by atoms with Crippen LogP contribution in [0.25, 0.3) is 0 Å². The Labute approximate surface area is 121 Å². The van der Waals surface area contributed by atoms with Crippen LogP contribution < -0.4 is 10.6 Å². The molecule has 106 valence electrons. The third kappa shape index (κ3) is 4.12. The molecule has 2 rings (SSSR count). The predicted octanol–water partition coefficient (Wildman–Crippen LogP) is 3.86. The highest BCUT2D eigenvalue weighted by Crippen LogP contribution is 2.34. The number of hydrogen-bond acceptors (Lipinski definition) is 2. The normalized spacial score (nSPS) is 16.4. The van der Waals surface area contributed by atoms with Crippen LogP contribution in [0.2, 0.25) is 5.02 Å². The van der Waals surface area contributed by atoms with Gasteiger partial charge in [-0.15, -0.1) is 0 Å². The highest BCUT2D eigenvalue weighted by Gasteiger charge is 2.25. The van der Waals surface area contributed by atoms with Crippen LogP contribution in [0.4, 0.5) is 5.69 Å². The molecule has 1 saturated carbocycles. The summed E-state index contributed by atoms with van der Waals surface area (Å²) in [6.45, 7) is 6.54. The van der Waals surface area contributed by atoms with Crippen molar-refractivity contribution >= 4 is 17.3 Å². The van der Waals surface area contributed by atoms with Gasteiger partial charge in [-0.2, -0.15) is 0 Å². The average molecular weight is 281 g/mol. The Morgan fingerprint density at radius 1 is 1.42 bits per heavy atom. The molecule has 1 aliphatic rings. The van der Waals surface area contributed by atoms with E-state index in [-0.39, 0.29) is 6.04 Å². The summed E-state index contributed by atoms with van der Waals surface area (Å²) < 4.78 is 0. The summed E-state index contributed by atoms with van der Waals surface area (Å²) in [6, 6.07) is 6.37. The Bertz CT molecular complexity index is 413. The highest BCUT2D eigenvalue weighted by atomic mass is 35.5. The van der Waals surface area contributed by atoms with Crippen LogP contribution in [0.5, 0.6) is 0 Å². The lowest BCUT2D eigenvalue weighted by atomic mass is 10.0. The van der Waals surface area contributed by atoms with Gasteiger partial charge in [-0.25, -0.2) is 0 Å². The molecule has 0 spiro atoms. The molecule has 19 heavy (non-hydrogen) atoms. The van der Waals surface area contributed by atoms with E-state index >= 15 is 0 Å². The lowest BCUT2D eigenvalue weighted by Crippen LogP contribution is -2.29. The molecule has 0 heterocycles. The largest absolute Gasteiger partial charge is 0.371 e. The molecule has 1 atom stereocenters. The first-order chi connectivity index (χ1) is 9.11. The first kappa shape index (κ1) is 14.7. The van der Waals surface area contributed by atoms with E-state index < -0.39 is 0 Å². The summed E-state index contributed by atoms with van der Waals surface area (Å²) in [7, 11) is 0. The Balaban J connectivity index is 2.25. The van der Waals surface area contributed by atoms with E-state index in [1.54, 1.807) is 0 Å². The first-order valence-corrected chi connectivity index (χ1v) is 7.77. The number of nitrogens with two attached hydrogens (primary N) is 1. The van der Waals surface area contributed by atoms with Gasteiger partial charge in [0.2, 0.25) is 0 Å². The van der Waals surface area contributed by atoms with Crippen LogP contribution in [-0.4, -0.2) is 19.1 Å². The topological polar surface area (TPSA) is 29.3 Å². The quantitative estimate of drug-likeness (QED) is 0.822. The second kappa shape index (κ2) is 6.62. The fraction of sp³-hybridized carbons (Fsp3) is 0.625. The summed E-state index contributed by atoms with van der Waals surface area (Å²) in [6.07, 6.45) is 4.77. The van der Waals surface area contributed by atoms with Crippen LogP contribution in [0, 0.1) is 5.92 Å². The molecule has 3 heteroatoms. The Hall–Kier alpha value is -0.730. The van der Waals surface area contributed by atoms with Crippen LogP contribution in [0.15, 0.2) is 18.2 Å². The van der Waals surface area contributed by atoms with Crippen molar-refractivity contribution in [3.8, 4) is 0 Å². The van der Waals surface area contributed by atoms with E-state index in [0.717, 1.165) is 30.3 Å². The molecular formula is C16H25ClN2. The molecule has 2 nitrogen and oxygen atoms in total. The van der Waals surface area contributed by atoms with Gasteiger partial charge in [0.25, 0.3) is 0 Å². The zero-order valence-corrected chi connectivity index (χ0v) is 12.8. The van der Waals surface area contributed by atoms with Gasteiger partial charge >= 0.3 is 0 Å². The molecule has 0 aromatic heterocycles. The maximum absolute atomic E-state index is 6.39. The number of nitrogens with zero attached hydrogens (tertiary/aromatic N) is 1. The highest BCUT2D eigenvalue weighted by molar-refractivity contribution is 6.31. The minimum Gasteiger partial charge on any atom is -0.371 e. The van der Waals surface area contributed by atoms with Crippen molar-refractivity contribution in [2.45, 2.75) is 45.6 Å². The average Bonchev–Trinajstić information content (AvgIpc) is 3.15. The van der Waals surface area contributed by atoms with Crippen molar-refractivity contribution < 1.29 is 0 Å².